The monoisotopic (exact) mass is 284 g/mol. The molecule has 1 aliphatic heterocycles. The summed E-state index contributed by atoms with van der Waals surface area (Å²) in [5.41, 5.74) is 1.37. The van der Waals surface area contributed by atoms with E-state index in [1.54, 1.807) is 0 Å². The number of nitrogens with zero attached hydrogens (tertiary/aromatic N) is 1. The molecule has 0 unspecified atom stereocenters. The van der Waals surface area contributed by atoms with Gasteiger partial charge in [-0.15, -0.1) is 24.8 Å². The quantitative estimate of drug-likeness (QED) is 0.866. The minimum atomic E-state index is 0. The lowest BCUT2D eigenvalue weighted by Crippen LogP contribution is -2.43. The Bertz CT molecular complexity index is 491. The van der Waals surface area contributed by atoms with Gasteiger partial charge in [0, 0.05) is 37.3 Å². The molecule has 2 nitrogen and oxygen atoms in total. The van der Waals surface area contributed by atoms with Crippen molar-refractivity contribution < 1.29 is 0 Å². The molecule has 0 atom stereocenters. The van der Waals surface area contributed by atoms with Crippen LogP contribution in [0.25, 0.3) is 10.8 Å². The largest absolute Gasteiger partial charge is 0.368 e. The Morgan fingerprint density at radius 2 is 1.50 bits per heavy atom. The Kier molecular flexibility index (Phi) is 5.73. The normalized spacial score (nSPS) is 14.8. The molecule has 0 spiro atoms. The summed E-state index contributed by atoms with van der Waals surface area (Å²) in [6, 6.07) is 15.2. The lowest BCUT2D eigenvalue weighted by molar-refractivity contribution is 0.590. The molecule has 1 aliphatic rings. The van der Waals surface area contributed by atoms with Crippen LogP contribution in [-0.4, -0.2) is 26.2 Å². The van der Waals surface area contributed by atoms with E-state index in [2.05, 4.69) is 52.7 Å². The number of hydrogen-bond donors (Lipinski definition) is 1. The summed E-state index contributed by atoms with van der Waals surface area (Å²) in [5, 5.41) is 6.09. The number of anilines is 1. The smallest absolute Gasteiger partial charge is 0.0446 e. The Labute approximate surface area is 120 Å². The van der Waals surface area contributed by atoms with Gasteiger partial charge in [-0.05, 0) is 11.5 Å². The van der Waals surface area contributed by atoms with Crippen LogP contribution in [0.2, 0.25) is 0 Å². The Hall–Kier alpha value is -0.960. The fraction of sp³-hybridized carbons (Fsp3) is 0.286. The maximum Gasteiger partial charge on any atom is 0.0446 e. The zero-order valence-electron chi connectivity index (χ0n) is 10.1. The molecule has 1 saturated heterocycles. The van der Waals surface area contributed by atoms with E-state index in [4.69, 9.17) is 0 Å². The molecule has 0 amide bonds. The number of hydrogen-bond acceptors (Lipinski definition) is 2. The molecular weight excluding hydrogens is 267 g/mol. The molecule has 98 valence electrons. The summed E-state index contributed by atoms with van der Waals surface area (Å²) in [7, 11) is 0. The van der Waals surface area contributed by atoms with Gasteiger partial charge in [-0.3, -0.25) is 0 Å². The molecule has 1 N–H and O–H groups in total. The van der Waals surface area contributed by atoms with Crippen molar-refractivity contribution in [3.8, 4) is 0 Å². The van der Waals surface area contributed by atoms with E-state index in [-0.39, 0.29) is 24.8 Å². The number of benzene rings is 2. The predicted molar refractivity (Wildman–Crippen MR) is 83.5 cm³/mol. The Morgan fingerprint density at radius 3 is 2.28 bits per heavy atom. The van der Waals surface area contributed by atoms with E-state index in [0.717, 1.165) is 26.2 Å². The standard InChI is InChI=1S/C14H16N2.2ClH/c1-2-6-13-12(4-1)5-3-7-14(13)16-10-8-15-9-11-16;;/h1-7,15H,8-11H2;2*1H. The molecule has 0 saturated carbocycles. The lowest BCUT2D eigenvalue weighted by atomic mass is 10.1. The minimum Gasteiger partial charge on any atom is -0.368 e. The van der Waals surface area contributed by atoms with Crippen molar-refractivity contribution in [2.75, 3.05) is 31.1 Å². The van der Waals surface area contributed by atoms with Gasteiger partial charge in [-0.25, -0.2) is 0 Å². The summed E-state index contributed by atoms with van der Waals surface area (Å²) in [4.78, 5) is 2.47. The van der Waals surface area contributed by atoms with Crippen molar-refractivity contribution >= 4 is 41.3 Å². The maximum atomic E-state index is 3.39. The highest BCUT2D eigenvalue weighted by atomic mass is 35.5. The number of piperazine rings is 1. The van der Waals surface area contributed by atoms with Crippen LogP contribution in [0, 0.1) is 0 Å². The highest BCUT2D eigenvalue weighted by Gasteiger charge is 2.12. The van der Waals surface area contributed by atoms with Crippen molar-refractivity contribution in [1.29, 1.82) is 0 Å². The zero-order valence-corrected chi connectivity index (χ0v) is 11.8. The van der Waals surface area contributed by atoms with Crippen LogP contribution in [0.3, 0.4) is 0 Å². The van der Waals surface area contributed by atoms with E-state index < -0.39 is 0 Å². The van der Waals surface area contributed by atoms with Gasteiger partial charge in [0.05, 0.1) is 0 Å². The topological polar surface area (TPSA) is 15.3 Å². The van der Waals surface area contributed by atoms with Gasteiger partial charge in [0.2, 0.25) is 0 Å². The van der Waals surface area contributed by atoms with Crippen LogP contribution in [0.4, 0.5) is 5.69 Å². The van der Waals surface area contributed by atoms with E-state index in [1.807, 2.05) is 0 Å². The van der Waals surface area contributed by atoms with E-state index in [9.17, 15) is 0 Å². The fourth-order valence-corrected chi connectivity index (χ4v) is 2.39. The molecule has 0 bridgehead atoms. The first-order valence-electron chi connectivity index (χ1n) is 5.88. The van der Waals surface area contributed by atoms with Crippen molar-refractivity contribution in [1.82, 2.24) is 5.32 Å². The highest BCUT2D eigenvalue weighted by Crippen LogP contribution is 2.26. The van der Waals surface area contributed by atoms with E-state index in [1.165, 1.54) is 16.5 Å². The minimum absolute atomic E-state index is 0. The Morgan fingerprint density at radius 1 is 0.833 bits per heavy atom. The fourth-order valence-electron chi connectivity index (χ4n) is 2.39. The number of nitrogens with one attached hydrogen (secondary N) is 1. The molecule has 1 fully saturated rings. The van der Waals surface area contributed by atoms with Crippen LogP contribution in [-0.2, 0) is 0 Å². The average molecular weight is 285 g/mol. The van der Waals surface area contributed by atoms with Gasteiger partial charge < -0.3 is 10.2 Å². The second-order valence-corrected chi connectivity index (χ2v) is 4.24. The third-order valence-corrected chi connectivity index (χ3v) is 3.22. The summed E-state index contributed by atoms with van der Waals surface area (Å²) in [6.07, 6.45) is 0. The van der Waals surface area contributed by atoms with E-state index in [0.29, 0.717) is 0 Å². The highest BCUT2D eigenvalue weighted by molar-refractivity contribution is 5.94. The van der Waals surface area contributed by atoms with Gasteiger partial charge >= 0.3 is 0 Å². The first kappa shape index (κ1) is 15.1. The van der Waals surface area contributed by atoms with Crippen LogP contribution < -0.4 is 10.2 Å². The van der Waals surface area contributed by atoms with Crippen molar-refractivity contribution in [2.45, 2.75) is 0 Å². The summed E-state index contributed by atoms with van der Waals surface area (Å²) < 4.78 is 0. The third-order valence-electron chi connectivity index (χ3n) is 3.22. The molecule has 4 heteroatoms. The van der Waals surface area contributed by atoms with Gasteiger partial charge in [-0.1, -0.05) is 36.4 Å². The average Bonchev–Trinajstić information content (AvgIpc) is 2.39. The lowest BCUT2D eigenvalue weighted by Gasteiger charge is -2.30. The zero-order chi connectivity index (χ0) is 10.8. The number of halogens is 2. The van der Waals surface area contributed by atoms with Crippen molar-refractivity contribution in [3.05, 3.63) is 42.5 Å². The summed E-state index contributed by atoms with van der Waals surface area (Å²) in [5.74, 6) is 0. The second-order valence-electron chi connectivity index (χ2n) is 4.24. The first-order valence-corrected chi connectivity index (χ1v) is 5.88. The molecule has 0 aromatic heterocycles. The van der Waals surface area contributed by atoms with Crippen molar-refractivity contribution in [2.24, 2.45) is 0 Å². The van der Waals surface area contributed by atoms with Gasteiger partial charge in [-0.2, -0.15) is 0 Å². The molecular formula is C14H18Cl2N2. The van der Waals surface area contributed by atoms with Crippen LogP contribution in [0.1, 0.15) is 0 Å². The van der Waals surface area contributed by atoms with Crippen LogP contribution in [0.5, 0.6) is 0 Å². The van der Waals surface area contributed by atoms with Crippen molar-refractivity contribution in [3.63, 3.8) is 0 Å². The second kappa shape index (κ2) is 6.83. The SMILES string of the molecule is Cl.Cl.c1ccc2c(N3CCNCC3)cccc2c1. The molecule has 2 aromatic rings. The summed E-state index contributed by atoms with van der Waals surface area (Å²) >= 11 is 0. The number of fused-ring (bicyclic) bond motifs is 1. The van der Waals surface area contributed by atoms with E-state index >= 15 is 0 Å². The first-order chi connectivity index (χ1) is 7.95. The molecule has 3 rings (SSSR count). The predicted octanol–water partition coefficient (Wildman–Crippen LogP) is 3.09. The van der Waals surface area contributed by atoms with Gasteiger partial charge in [0.25, 0.3) is 0 Å². The van der Waals surface area contributed by atoms with Gasteiger partial charge in [0.15, 0.2) is 0 Å². The molecule has 1 heterocycles. The molecule has 0 aliphatic carbocycles. The van der Waals surface area contributed by atoms with Gasteiger partial charge in [0.1, 0.15) is 0 Å². The third kappa shape index (κ3) is 2.89. The Balaban J connectivity index is 0.000000810. The molecule has 18 heavy (non-hydrogen) atoms. The number of rotatable bonds is 1. The maximum absolute atomic E-state index is 3.39. The summed E-state index contributed by atoms with van der Waals surface area (Å²) in [6.45, 7) is 4.38. The molecule has 2 aromatic carbocycles. The molecule has 0 radical (unpaired) electrons. The van der Waals surface area contributed by atoms with Crippen LogP contribution in [0.15, 0.2) is 42.5 Å². The van der Waals surface area contributed by atoms with Crippen LogP contribution >= 0.6 is 24.8 Å².